The summed E-state index contributed by atoms with van der Waals surface area (Å²) in [6.07, 6.45) is 2.78. The third kappa shape index (κ3) is 2.18. The number of sulfonamides is 1. The minimum atomic E-state index is -3.82. The number of nitrogens with zero attached hydrogens (tertiary/aromatic N) is 3. The Labute approximate surface area is 98.0 Å². The molecule has 6 nitrogen and oxygen atoms in total. The quantitative estimate of drug-likeness (QED) is 0.830. The fourth-order valence-corrected chi connectivity index (χ4v) is 2.12. The van der Waals surface area contributed by atoms with Crippen molar-refractivity contribution in [1.29, 1.82) is 5.26 Å². The average molecular weight is 248 g/mol. The second-order valence-electron chi connectivity index (χ2n) is 3.30. The van der Waals surface area contributed by atoms with Crippen molar-refractivity contribution < 1.29 is 8.42 Å². The molecule has 0 fully saturated rings. The Morgan fingerprint density at radius 2 is 2.06 bits per heavy atom. The molecule has 0 unspecified atom stereocenters. The molecule has 2 aromatic rings. The van der Waals surface area contributed by atoms with Gasteiger partial charge >= 0.3 is 0 Å². The maximum absolute atomic E-state index is 11.4. The highest BCUT2D eigenvalue weighted by Crippen LogP contribution is 2.17. The Balaban J connectivity index is 2.65. The third-order valence-electron chi connectivity index (χ3n) is 2.13. The topological polar surface area (TPSA) is 102 Å². The van der Waals surface area contributed by atoms with Crippen LogP contribution < -0.4 is 5.14 Å². The van der Waals surface area contributed by atoms with Gasteiger partial charge in [-0.1, -0.05) is 12.1 Å². The van der Waals surface area contributed by atoms with Crippen molar-refractivity contribution in [2.24, 2.45) is 5.14 Å². The first kappa shape index (κ1) is 11.3. The maximum atomic E-state index is 11.4. The van der Waals surface area contributed by atoms with Crippen LogP contribution in [0.3, 0.4) is 0 Å². The molecule has 0 aliphatic heterocycles. The highest BCUT2D eigenvalue weighted by Gasteiger charge is 2.15. The van der Waals surface area contributed by atoms with Gasteiger partial charge in [-0.15, -0.1) is 0 Å². The van der Waals surface area contributed by atoms with Crippen LogP contribution in [0.2, 0.25) is 0 Å². The molecule has 0 radical (unpaired) electrons. The average Bonchev–Trinajstić information content (AvgIpc) is 2.76. The van der Waals surface area contributed by atoms with Crippen LogP contribution in [0.4, 0.5) is 0 Å². The summed E-state index contributed by atoms with van der Waals surface area (Å²) in [4.78, 5) is -0.0346. The molecule has 1 aromatic carbocycles. The molecule has 0 amide bonds. The number of nitriles is 1. The molecule has 0 atom stereocenters. The zero-order valence-electron chi connectivity index (χ0n) is 8.61. The molecule has 0 spiro atoms. The van der Waals surface area contributed by atoms with Gasteiger partial charge in [-0.25, -0.2) is 18.2 Å². The van der Waals surface area contributed by atoms with E-state index >= 15 is 0 Å². The van der Waals surface area contributed by atoms with Gasteiger partial charge in [0, 0.05) is 6.20 Å². The van der Waals surface area contributed by atoms with Crippen molar-refractivity contribution in [2.75, 3.05) is 0 Å². The lowest BCUT2D eigenvalue weighted by Crippen LogP contribution is -2.15. The van der Waals surface area contributed by atoms with E-state index in [1.807, 2.05) is 6.07 Å². The van der Waals surface area contributed by atoms with Gasteiger partial charge in [0.2, 0.25) is 10.0 Å². The van der Waals surface area contributed by atoms with Gasteiger partial charge in [0.05, 0.1) is 17.4 Å². The van der Waals surface area contributed by atoms with Crippen LogP contribution in [0.5, 0.6) is 0 Å². The predicted octanol–water partition coefficient (Wildman–Crippen LogP) is 0.391. The van der Waals surface area contributed by atoms with Gasteiger partial charge in [0.15, 0.2) is 0 Å². The second-order valence-corrected chi connectivity index (χ2v) is 4.83. The van der Waals surface area contributed by atoms with E-state index < -0.39 is 10.0 Å². The number of primary sulfonamides is 1. The molecule has 2 N–H and O–H groups in total. The maximum Gasteiger partial charge on any atom is 0.240 e. The van der Waals surface area contributed by atoms with Crippen LogP contribution in [0.15, 0.2) is 41.6 Å². The van der Waals surface area contributed by atoms with Crippen LogP contribution in [0.1, 0.15) is 5.56 Å². The van der Waals surface area contributed by atoms with Crippen molar-refractivity contribution in [3.8, 4) is 11.8 Å². The van der Waals surface area contributed by atoms with Crippen LogP contribution in [-0.4, -0.2) is 18.2 Å². The summed E-state index contributed by atoms with van der Waals surface area (Å²) in [5, 5.41) is 17.7. The fourth-order valence-electron chi connectivity index (χ4n) is 1.40. The van der Waals surface area contributed by atoms with Gasteiger partial charge in [-0.05, 0) is 12.1 Å². The Morgan fingerprint density at radius 3 is 2.65 bits per heavy atom. The first-order valence-electron chi connectivity index (χ1n) is 4.59. The van der Waals surface area contributed by atoms with Crippen molar-refractivity contribution in [3.63, 3.8) is 0 Å². The third-order valence-corrected chi connectivity index (χ3v) is 3.09. The van der Waals surface area contributed by atoms with Gasteiger partial charge in [-0.3, -0.25) is 0 Å². The number of nitrogens with two attached hydrogens (primary N) is 1. The number of hydrogen-bond donors (Lipinski definition) is 1. The largest absolute Gasteiger partial charge is 0.240 e. The lowest BCUT2D eigenvalue weighted by molar-refractivity contribution is 0.596. The molecule has 0 bridgehead atoms. The van der Waals surface area contributed by atoms with E-state index in [-0.39, 0.29) is 4.90 Å². The molecular formula is C10H8N4O2S. The smallest absolute Gasteiger partial charge is 0.238 e. The number of para-hydroxylation sites is 1. The lowest BCUT2D eigenvalue weighted by Gasteiger charge is -2.06. The first-order chi connectivity index (χ1) is 8.02. The fraction of sp³-hybridized carbons (Fsp3) is 0. The molecule has 0 aliphatic rings. The number of rotatable bonds is 2. The Hall–Kier alpha value is -2.17. The second kappa shape index (κ2) is 4.01. The summed E-state index contributed by atoms with van der Waals surface area (Å²) in [6.45, 7) is 0. The monoisotopic (exact) mass is 248 g/mol. The van der Waals surface area contributed by atoms with E-state index in [0.717, 1.165) is 0 Å². The predicted molar refractivity (Wildman–Crippen MR) is 59.7 cm³/mol. The molecule has 86 valence electrons. The zero-order chi connectivity index (χ0) is 12.5. The summed E-state index contributed by atoms with van der Waals surface area (Å²) < 4.78 is 24.1. The Kier molecular flexibility index (Phi) is 2.67. The van der Waals surface area contributed by atoms with Crippen molar-refractivity contribution in [1.82, 2.24) is 9.78 Å². The molecule has 0 aliphatic carbocycles. The number of aromatic nitrogens is 2. The van der Waals surface area contributed by atoms with Crippen LogP contribution >= 0.6 is 0 Å². The van der Waals surface area contributed by atoms with Crippen molar-refractivity contribution in [2.45, 2.75) is 4.90 Å². The van der Waals surface area contributed by atoms with Gasteiger partial charge in [-0.2, -0.15) is 10.4 Å². The summed E-state index contributed by atoms with van der Waals surface area (Å²) >= 11 is 0. The molecular weight excluding hydrogens is 240 g/mol. The van der Waals surface area contributed by atoms with E-state index in [1.165, 1.54) is 23.1 Å². The van der Waals surface area contributed by atoms with E-state index in [1.54, 1.807) is 18.2 Å². The number of benzene rings is 1. The summed E-state index contributed by atoms with van der Waals surface area (Å²) in [6, 6.07) is 8.09. The lowest BCUT2D eigenvalue weighted by atomic mass is 10.3. The van der Waals surface area contributed by atoms with Crippen LogP contribution in [-0.2, 0) is 10.0 Å². The normalized spacial score (nSPS) is 11.1. The summed E-state index contributed by atoms with van der Waals surface area (Å²) in [5.74, 6) is 0. The summed E-state index contributed by atoms with van der Waals surface area (Å²) in [7, 11) is -3.82. The highest BCUT2D eigenvalue weighted by molar-refractivity contribution is 7.89. The van der Waals surface area contributed by atoms with E-state index in [4.69, 9.17) is 10.4 Å². The minimum absolute atomic E-state index is 0.0346. The standard InChI is InChI=1S/C10H8N4O2S/c11-5-8-6-13-14(7-8)9-3-1-2-4-10(9)17(12,15)16/h1-4,6-7H,(H2,12,15,16). The van der Waals surface area contributed by atoms with E-state index in [2.05, 4.69) is 5.10 Å². The summed E-state index contributed by atoms with van der Waals surface area (Å²) in [5.41, 5.74) is 0.658. The molecule has 1 heterocycles. The SMILES string of the molecule is N#Cc1cnn(-c2ccccc2S(N)(=O)=O)c1. The molecule has 0 saturated heterocycles. The zero-order valence-corrected chi connectivity index (χ0v) is 9.42. The van der Waals surface area contributed by atoms with E-state index in [0.29, 0.717) is 11.3 Å². The molecule has 17 heavy (non-hydrogen) atoms. The van der Waals surface area contributed by atoms with Crippen LogP contribution in [0.25, 0.3) is 5.69 Å². The van der Waals surface area contributed by atoms with Crippen LogP contribution in [0, 0.1) is 11.3 Å². The molecule has 2 rings (SSSR count). The molecule has 7 heteroatoms. The molecule has 0 saturated carbocycles. The van der Waals surface area contributed by atoms with Gasteiger partial charge in [0.1, 0.15) is 11.0 Å². The molecule has 1 aromatic heterocycles. The Bertz CT molecular complexity index is 697. The van der Waals surface area contributed by atoms with E-state index in [9.17, 15) is 8.42 Å². The van der Waals surface area contributed by atoms with Crippen molar-refractivity contribution >= 4 is 10.0 Å². The van der Waals surface area contributed by atoms with Gasteiger partial charge < -0.3 is 0 Å². The first-order valence-corrected chi connectivity index (χ1v) is 6.14. The minimum Gasteiger partial charge on any atom is -0.238 e. The number of hydrogen-bond acceptors (Lipinski definition) is 4. The van der Waals surface area contributed by atoms with Crippen molar-refractivity contribution in [3.05, 3.63) is 42.2 Å². The highest BCUT2D eigenvalue weighted by atomic mass is 32.2. The Morgan fingerprint density at radius 1 is 1.35 bits per heavy atom. The van der Waals surface area contributed by atoms with Gasteiger partial charge in [0.25, 0.3) is 0 Å².